The summed E-state index contributed by atoms with van der Waals surface area (Å²) in [5.74, 6) is -4.33. The number of rotatable bonds is 11. The number of carbonyl (C=O) groups is 2. The van der Waals surface area contributed by atoms with Crippen molar-refractivity contribution < 1.29 is 50.2 Å². The molecule has 0 bridgehead atoms. The number of alkyl halides is 6. The van der Waals surface area contributed by atoms with Gasteiger partial charge in [-0.25, -0.2) is 4.90 Å². The third kappa shape index (κ3) is 8.23. The van der Waals surface area contributed by atoms with Crippen LogP contribution in [0.4, 0.5) is 32.0 Å². The Kier molecular flexibility index (Phi) is 11.8. The zero-order valence-electron chi connectivity index (χ0n) is 33.7. The number of fused-ring (bicyclic) bond motifs is 3. The van der Waals surface area contributed by atoms with E-state index in [0.29, 0.717) is 29.9 Å². The molecule has 2 fully saturated rings. The van der Waals surface area contributed by atoms with Crippen LogP contribution in [-0.2, 0) is 31.1 Å². The third-order valence-corrected chi connectivity index (χ3v) is 17.1. The highest BCUT2D eigenvalue weighted by molar-refractivity contribution is 6.99. The van der Waals surface area contributed by atoms with E-state index in [1.165, 1.54) is 0 Å². The van der Waals surface area contributed by atoms with E-state index in [2.05, 4.69) is 45.0 Å². The average molecular weight is 848 g/mol. The van der Waals surface area contributed by atoms with Crippen molar-refractivity contribution in [3.8, 4) is 5.75 Å². The molecule has 0 spiro atoms. The second-order valence-electron chi connectivity index (χ2n) is 16.8. The smallest absolute Gasteiger partial charge is 0.416 e. The molecular formula is C47H47F6NO5Si. The Morgan fingerprint density at radius 2 is 1.38 bits per heavy atom. The molecule has 2 saturated heterocycles. The zero-order chi connectivity index (χ0) is 43.2. The maximum Gasteiger partial charge on any atom is 0.416 e. The topological polar surface area (TPSA) is 76.1 Å². The third-order valence-electron chi connectivity index (χ3n) is 12.2. The minimum atomic E-state index is -5.17. The molecule has 13 heteroatoms. The van der Waals surface area contributed by atoms with Crippen molar-refractivity contribution in [2.24, 2.45) is 17.8 Å². The molecule has 1 aliphatic carbocycles. The van der Waals surface area contributed by atoms with Crippen molar-refractivity contribution in [1.82, 2.24) is 0 Å². The summed E-state index contributed by atoms with van der Waals surface area (Å²) in [6.45, 7) is 8.53. The first-order valence-electron chi connectivity index (χ1n) is 20.1. The van der Waals surface area contributed by atoms with Gasteiger partial charge < -0.3 is 14.3 Å². The van der Waals surface area contributed by atoms with Gasteiger partial charge in [-0.05, 0) is 88.1 Å². The standard InChI is InChI=1S/C47H47F6NO5Si/c1-5-29(22-30-16-19-35(55)20-17-30)18-21-40-41-31(27-59-60(45(2,3)4,36-12-8-6-9-13-36)37-14-10-7-11-15-37)23-38-42(39(41)28-58-40)44(57)54(43(38)56)34-25-32(46(48,49)50)24-33(26-34)47(51,52)53/h6-17,19-20,22,24-26,38-40,42,55H,5,18,21,23,27-28H2,1-4H3/b29-22+/t38-,39+,40-,42-/m1/s1. The fraction of sp³-hybridized carbons (Fsp3) is 0.362. The van der Waals surface area contributed by atoms with Gasteiger partial charge in [0.05, 0.1) is 48.0 Å². The summed E-state index contributed by atoms with van der Waals surface area (Å²) in [5.41, 5.74) is -0.425. The minimum absolute atomic E-state index is 0.0163. The predicted molar refractivity (Wildman–Crippen MR) is 220 cm³/mol. The number of nitrogens with zero attached hydrogens (tertiary/aromatic N) is 1. The fourth-order valence-electron chi connectivity index (χ4n) is 9.36. The van der Waals surface area contributed by atoms with Crippen LogP contribution in [0.1, 0.15) is 70.1 Å². The molecule has 4 atom stereocenters. The number of amides is 2. The zero-order valence-corrected chi connectivity index (χ0v) is 34.7. The van der Waals surface area contributed by atoms with Crippen molar-refractivity contribution >= 4 is 42.3 Å². The van der Waals surface area contributed by atoms with Crippen LogP contribution < -0.4 is 15.3 Å². The van der Waals surface area contributed by atoms with Crippen molar-refractivity contribution in [3.63, 3.8) is 0 Å². The van der Waals surface area contributed by atoms with E-state index in [0.717, 1.165) is 39.1 Å². The number of carbonyl (C=O) groups excluding carboxylic acids is 2. The van der Waals surface area contributed by atoms with E-state index in [1.807, 2.05) is 61.5 Å². The van der Waals surface area contributed by atoms with Crippen LogP contribution in [0.5, 0.6) is 5.75 Å². The number of hydrogen-bond acceptors (Lipinski definition) is 5. The summed E-state index contributed by atoms with van der Waals surface area (Å²) in [4.78, 5) is 29.3. The number of imide groups is 1. The van der Waals surface area contributed by atoms with E-state index >= 15 is 0 Å². The summed E-state index contributed by atoms with van der Waals surface area (Å²) < 4.78 is 97.7. The first-order chi connectivity index (χ1) is 28.3. The van der Waals surface area contributed by atoms with E-state index in [-0.39, 0.29) is 31.5 Å². The van der Waals surface area contributed by atoms with Crippen molar-refractivity contribution in [3.05, 3.63) is 137 Å². The highest BCUT2D eigenvalue weighted by Gasteiger charge is 2.58. The Hall–Kier alpha value is -4.98. The van der Waals surface area contributed by atoms with Crippen LogP contribution >= 0.6 is 0 Å². The molecule has 0 saturated carbocycles. The van der Waals surface area contributed by atoms with Crippen molar-refractivity contribution in [1.29, 1.82) is 0 Å². The van der Waals surface area contributed by atoms with Gasteiger partial charge in [0.15, 0.2) is 0 Å². The Morgan fingerprint density at radius 3 is 1.90 bits per heavy atom. The molecule has 2 amide bonds. The number of aromatic hydroxyl groups is 1. The number of anilines is 1. The van der Waals surface area contributed by atoms with Crippen LogP contribution in [0.3, 0.4) is 0 Å². The summed E-state index contributed by atoms with van der Waals surface area (Å²) in [5, 5.41) is 11.4. The van der Waals surface area contributed by atoms with Crippen molar-refractivity contribution in [2.75, 3.05) is 18.1 Å². The van der Waals surface area contributed by atoms with E-state index < -0.39 is 78.2 Å². The maximum atomic E-state index is 14.4. The molecule has 4 aromatic carbocycles. The highest BCUT2D eigenvalue weighted by atomic mass is 28.4. The number of halogens is 6. The quantitative estimate of drug-likeness (QED) is 0.0705. The van der Waals surface area contributed by atoms with Crippen LogP contribution in [0.25, 0.3) is 6.08 Å². The second kappa shape index (κ2) is 16.5. The van der Waals surface area contributed by atoms with Gasteiger partial charge in [-0.3, -0.25) is 9.59 Å². The molecule has 2 aliphatic heterocycles. The van der Waals surface area contributed by atoms with Gasteiger partial charge in [0, 0.05) is 5.92 Å². The van der Waals surface area contributed by atoms with Gasteiger partial charge in [-0.1, -0.05) is 112 Å². The summed E-state index contributed by atoms with van der Waals surface area (Å²) in [6.07, 6.45) is -6.92. The van der Waals surface area contributed by atoms with E-state index in [4.69, 9.17) is 9.16 Å². The first-order valence-corrected chi connectivity index (χ1v) is 22.0. The van der Waals surface area contributed by atoms with Crippen LogP contribution in [0.15, 0.2) is 120 Å². The number of benzene rings is 4. The van der Waals surface area contributed by atoms with Crippen LogP contribution in [-0.4, -0.2) is 44.6 Å². The molecule has 0 unspecified atom stereocenters. The fourth-order valence-corrected chi connectivity index (χ4v) is 13.9. The Balaban J connectivity index is 1.30. The Morgan fingerprint density at radius 1 is 0.817 bits per heavy atom. The Labute approximate surface area is 346 Å². The monoisotopic (exact) mass is 847 g/mol. The summed E-state index contributed by atoms with van der Waals surface area (Å²) >= 11 is 0. The molecule has 316 valence electrons. The van der Waals surface area contributed by atoms with Gasteiger partial charge in [-0.2, -0.15) is 26.3 Å². The predicted octanol–water partition coefficient (Wildman–Crippen LogP) is 10.1. The molecule has 7 rings (SSSR count). The van der Waals surface area contributed by atoms with Crippen LogP contribution in [0.2, 0.25) is 5.04 Å². The highest BCUT2D eigenvalue weighted by Crippen LogP contribution is 2.52. The molecule has 3 aliphatic rings. The number of ether oxygens (including phenoxy) is 1. The molecule has 2 heterocycles. The molecule has 6 nitrogen and oxygen atoms in total. The average Bonchev–Trinajstić information content (AvgIpc) is 3.74. The van der Waals surface area contributed by atoms with Gasteiger partial charge >= 0.3 is 12.4 Å². The van der Waals surface area contributed by atoms with Crippen molar-refractivity contribution in [2.45, 2.75) is 76.9 Å². The van der Waals surface area contributed by atoms with E-state index in [9.17, 15) is 41.0 Å². The molecular weight excluding hydrogens is 801 g/mol. The molecule has 0 aromatic heterocycles. The Bertz CT molecular complexity index is 2210. The summed E-state index contributed by atoms with van der Waals surface area (Å²) in [7, 11) is -3.14. The molecule has 1 N–H and O–H groups in total. The minimum Gasteiger partial charge on any atom is -0.508 e. The lowest BCUT2D eigenvalue weighted by Gasteiger charge is -2.44. The SMILES string of the molecule is CC/C(=C\c1ccc(O)cc1)CC[C@H]1OC[C@H]2C1=C(CO[Si](c1ccccc1)(c1ccccc1)C(C)(C)C)C[C@H]1C(=O)N(c3cc(C(F)(F)F)cc(C(F)(F)F)c3)C(=O)[C@H]12. The van der Waals surface area contributed by atoms with Crippen LogP contribution in [0, 0.1) is 17.8 Å². The maximum absolute atomic E-state index is 14.4. The number of allylic oxidation sites excluding steroid dienone is 1. The second-order valence-corrected chi connectivity index (χ2v) is 21.1. The first kappa shape index (κ1) is 43.1. The van der Waals surface area contributed by atoms with Gasteiger partial charge in [0.1, 0.15) is 5.75 Å². The van der Waals surface area contributed by atoms with Gasteiger partial charge in [-0.15, -0.1) is 0 Å². The number of phenols is 1. The number of phenolic OH excluding ortho intramolecular Hbond substituents is 1. The van der Waals surface area contributed by atoms with Gasteiger partial charge in [0.25, 0.3) is 8.32 Å². The largest absolute Gasteiger partial charge is 0.508 e. The lowest BCUT2D eigenvalue weighted by Crippen LogP contribution is -2.66. The lowest BCUT2D eigenvalue weighted by atomic mass is 9.69. The summed E-state index contributed by atoms with van der Waals surface area (Å²) in [6, 6.07) is 27.6. The van der Waals surface area contributed by atoms with E-state index in [1.54, 1.807) is 12.1 Å². The lowest BCUT2D eigenvalue weighted by molar-refractivity contribution is -0.143. The number of hydrogen-bond donors (Lipinski definition) is 1. The molecule has 4 aromatic rings. The van der Waals surface area contributed by atoms with Gasteiger partial charge in [0.2, 0.25) is 11.8 Å². The molecule has 0 radical (unpaired) electrons. The normalized spacial score (nSPS) is 21.4. The molecule has 60 heavy (non-hydrogen) atoms.